The largest absolute Gasteiger partial charge is 0.370 e. The first-order valence-electron chi connectivity index (χ1n) is 9.43. The third-order valence-corrected chi connectivity index (χ3v) is 5.75. The summed E-state index contributed by atoms with van der Waals surface area (Å²) in [6, 6.07) is 0.715. The normalized spacial score (nSPS) is 32.3. The number of rotatable bonds is 6. The van der Waals surface area contributed by atoms with Crippen molar-refractivity contribution < 1.29 is 4.74 Å². The van der Waals surface area contributed by atoms with Crippen LogP contribution in [0.4, 0.5) is 0 Å². The quantitative estimate of drug-likeness (QED) is 0.813. The monoisotopic (exact) mass is 294 g/mol. The second-order valence-electron chi connectivity index (χ2n) is 7.58. The lowest BCUT2D eigenvalue weighted by atomic mass is 9.98. The SMILES string of the molecule is CCCN(CC1CCCCN1)CC1CCC2(CCCC2)O1. The molecule has 0 bridgehead atoms. The molecule has 122 valence electrons. The van der Waals surface area contributed by atoms with E-state index in [1.54, 1.807) is 0 Å². The van der Waals surface area contributed by atoms with Crippen LogP contribution in [0.1, 0.15) is 71.1 Å². The van der Waals surface area contributed by atoms with Gasteiger partial charge in [0.2, 0.25) is 0 Å². The maximum Gasteiger partial charge on any atom is 0.0710 e. The highest BCUT2D eigenvalue weighted by Crippen LogP contribution is 2.43. The van der Waals surface area contributed by atoms with Crippen molar-refractivity contribution in [2.75, 3.05) is 26.2 Å². The molecule has 3 nitrogen and oxygen atoms in total. The first-order valence-corrected chi connectivity index (χ1v) is 9.43. The third-order valence-electron chi connectivity index (χ3n) is 5.75. The number of ether oxygens (including phenoxy) is 1. The van der Waals surface area contributed by atoms with Crippen LogP contribution in [0.25, 0.3) is 0 Å². The van der Waals surface area contributed by atoms with Gasteiger partial charge in [-0.15, -0.1) is 0 Å². The molecule has 1 saturated carbocycles. The van der Waals surface area contributed by atoms with E-state index in [9.17, 15) is 0 Å². The van der Waals surface area contributed by atoms with Gasteiger partial charge in [-0.3, -0.25) is 4.90 Å². The lowest BCUT2D eigenvalue weighted by Gasteiger charge is -2.32. The molecule has 1 N–H and O–H groups in total. The standard InChI is InChI=1S/C18H34N2O/c1-2-13-20(14-16-7-3-6-12-19-16)15-17-8-11-18(21-17)9-4-5-10-18/h16-17,19H,2-15H2,1H3. The van der Waals surface area contributed by atoms with Gasteiger partial charge in [0.1, 0.15) is 0 Å². The number of hydrogen-bond acceptors (Lipinski definition) is 3. The van der Waals surface area contributed by atoms with Crippen LogP contribution < -0.4 is 5.32 Å². The van der Waals surface area contributed by atoms with Gasteiger partial charge in [0.25, 0.3) is 0 Å². The maximum absolute atomic E-state index is 6.51. The molecule has 3 aliphatic rings. The summed E-state index contributed by atoms with van der Waals surface area (Å²) in [5.41, 5.74) is 0.297. The van der Waals surface area contributed by atoms with Crippen LogP contribution in [0.5, 0.6) is 0 Å². The predicted octanol–water partition coefficient (Wildman–Crippen LogP) is 3.33. The van der Waals surface area contributed by atoms with Gasteiger partial charge in [0.15, 0.2) is 0 Å². The Kier molecular flexibility index (Phi) is 5.58. The van der Waals surface area contributed by atoms with E-state index in [0.717, 1.165) is 6.54 Å². The number of nitrogens with one attached hydrogen (secondary N) is 1. The molecule has 21 heavy (non-hydrogen) atoms. The molecule has 0 radical (unpaired) electrons. The van der Waals surface area contributed by atoms with E-state index in [4.69, 9.17) is 4.74 Å². The number of nitrogens with zero attached hydrogens (tertiary/aromatic N) is 1. The maximum atomic E-state index is 6.51. The van der Waals surface area contributed by atoms with E-state index in [-0.39, 0.29) is 0 Å². The molecule has 0 aromatic heterocycles. The molecule has 3 rings (SSSR count). The molecular weight excluding hydrogens is 260 g/mol. The van der Waals surface area contributed by atoms with Gasteiger partial charge in [-0.05, 0) is 58.0 Å². The average Bonchev–Trinajstić information content (AvgIpc) is 3.11. The average molecular weight is 294 g/mol. The summed E-state index contributed by atoms with van der Waals surface area (Å²) in [5, 5.41) is 3.70. The Morgan fingerprint density at radius 2 is 1.90 bits per heavy atom. The fourth-order valence-electron chi connectivity index (χ4n) is 4.66. The van der Waals surface area contributed by atoms with Gasteiger partial charge < -0.3 is 10.1 Å². The smallest absolute Gasteiger partial charge is 0.0710 e. The molecule has 0 aromatic carbocycles. The van der Waals surface area contributed by atoms with E-state index in [0.29, 0.717) is 17.7 Å². The van der Waals surface area contributed by atoms with Crippen molar-refractivity contribution in [2.24, 2.45) is 0 Å². The summed E-state index contributed by atoms with van der Waals surface area (Å²) in [6.07, 6.45) is 13.9. The Morgan fingerprint density at radius 3 is 2.62 bits per heavy atom. The zero-order valence-electron chi connectivity index (χ0n) is 13.9. The van der Waals surface area contributed by atoms with Crippen molar-refractivity contribution in [1.29, 1.82) is 0 Å². The van der Waals surface area contributed by atoms with Gasteiger partial charge in [-0.1, -0.05) is 26.2 Å². The lowest BCUT2D eigenvalue weighted by Crippen LogP contribution is -2.46. The summed E-state index contributed by atoms with van der Waals surface area (Å²) < 4.78 is 6.51. The lowest BCUT2D eigenvalue weighted by molar-refractivity contribution is -0.0480. The Labute approximate surface area is 130 Å². The first kappa shape index (κ1) is 15.8. The minimum absolute atomic E-state index is 0.297. The molecule has 1 spiro atoms. The predicted molar refractivity (Wildman–Crippen MR) is 87.7 cm³/mol. The molecule has 0 aromatic rings. The highest BCUT2D eigenvalue weighted by molar-refractivity contribution is 4.93. The van der Waals surface area contributed by atoms with Crippen molar-refractivity contribution in [2.45, 2.75) is 88.9 Å². The molecule has 3 heteroatoms. The van der Waals surface area contributed by atoms with Crippen LogP contribution in [0.15, 0.2) is 0 Å². The van der Waals surface area contributed by atoms with Crippen LogP contribution >= 0.6 is 0 Å². The molecule has 1 aliphatic carbocycles. The molecule has 2 atom stereocenters. The van der Waals surface area contributed by atoms with Crippen LogP contribution in [-0.4, -0.2) is 48.8 Å². The minimum atomic E-state index is 0.297. The number of hydrogen-bond donors (Lipinski definition) is 1. The molecular formula is C18H34N2O. The Bertz CT molecular complexity index is 308. The highest BCUT2D eigenvalue weighted by Gasteiger charge is 2.42. The van der Waals surface area contributed by atoms with Crippen LogP contribution in [-0.2, 0) is 4.74 Å². The minimum Gasteiger partial charge on any atom is -0.370 e. The van der Waals surface area contributed by atoms with E-state index < -0.39 is 0 Å². The van der Waals surface area contributed by atoms with E-state index in [2.05, 4.69) is 17.1 Å². The summed E-state index contributed by atoms with van der Waals surface area (Å²) in [6.45, 7) is 7.13. The van der Waals surface area contributed by atoms with Gasteiger partial charge >= 0.3 is 0 Å². The zero-order chi connectivity index (χ0) is 14.5. The summed E-state index contributed by atoms with van der Waals surface area (Å²) in [7, 11) is 0. The second kappa shape index (κ2) is 7.43. The topological polar surface area (TPSA) is 24.5 Å². The summed E-state index contributed by atoms with van der Waals surface area (Å²) in [5.74, 6) is 0. The van der Waals surface area contributed by atoms with Gasteiger partial charge in [-0.2, -0.15) is 0 Å². The van der Waals surface area contributed by atoms with Crippen molar-refractivity contribution in [3.05, 3.63) is 0 Å². The van der Waals surface area contributed by atoms with Crippen LogP contribution in [0.3, 0.4) is 0 Å². The molecule has 2 aliphatic heterocycles. The van der Waals surface area contributed by atoms with Crippen LogP contribution in [0.2, 0.25) is 0 Å². The first-order chi connectivity index (χ1) is 10.3. The Balaban J connectivity index is 1.48. The molecule has 2 heterocycles. The molecule has 2 unspecified atom stereocenters. The van der Waals surface area contributed by atoms with Crippen molar-refractivity contribution >= 4 is 0 Å². The zero-order valence-corrected chi connectivity index (χ0v) is 13.9. The Morgan fingerprint density at radius 1 is 1.05 bits per heavy atom. The van der Waals surface area contributed by atoms with E-state index in [1.165, 1.54) is 83.8 Å². The molecule has 3 fully saturated rings. The molecule has 0 amide bonds. The highest BCUT2D eigenvalue weighted by atomic mass is 16.5. The van der Waals surface area contributed by atoms with Crippen molar-refractivity contribution in [1.82, 2.24) is 10.2 Å². The van der Waals surface area contributed by atoms with Crippen LogP contribution in [0, 0.1) is 0 Å². The summed E-state index contributed by atoms with van der Waals surface area (Å²) >= 11 is 0. The van der Waals surface area contributed by atoms with Gasteiger partial charge in [0, 0.05) is 19.1 Å². The molecule has 2 saturated heterocycles. The third kappa shape index (κ3) is 4.20. The van der Waals surface area contributed by atoms with Crippen molar-refractivity contribution in [3.8, 4) is 0 Å². The fraction of sp³-hybridized carbons (Fsp3) is 1.00. The second-order valence-corrected chi connectivity index (χ2v) is 7.58. The van der Waals surface area contributed by atoms with E-state index >= 15 is 0 Å². The fourth-order valence-corrected chi connectivity index (χ4v) is 4.66. The van der Waals surface area contributed by atoms with E-state index in [1.807, 2.05) is 0 Å². The van der Waals surface area contributed by atoms with Gasteiger partial charge in [0.05, 0.1) is 11.7 Å². The summed E-state index contributed by atoms with van der Waals surface area (Å²) in [4.78, 5) is 2.67. The number of piperidine rings is 1. The van der Waals surface area contributed by atoms with Crippen molar-refractivity contribution in [3.63, 3.8) is 0 Å². The Hall–Kier alpha value is -0.120. The van der Waals surface area contributed by atoms with Gasteiger partial charge in [-0.25, -0.2) is 0 Å².